The SMILES string of the molecule is CCN(CC)Cc1cccc(-c2c[nH]c(=O)c(-c3ccccc3C#N)c2-c2ccccc2)n1. The minimum atomic E-state index is -0.236. The number of benzene rings is 2. The Kier molecular flexibility index (Phi) is 6.77. The number of nitrogens with one attached hydrogen (secondary N) is 1. The van der Waals surface area contributed by atoms with E-state index in [9.17, 15) is 10.1 Å². The lowest BCUT2D eigenvalue weighted by molar-refractivity contribution is 0.292. The molecule has 0 amide bonds. The van der Waals surface area contributed by atoms with E-state index in [1.165, 1.54) is 0 Å². The monoisotopic (exact) mass is 434 g/mol. The largest absolute Gasteiger partial charge is 0.328 e. The third kappa shape index (κ3) is 4.62. The molecule has 0 aliphatic carbocycles. The van der Waals surface area contributed by atoms with E-state index >= 15 is 0 Å². The molecule has 0 saturated heterocycles. The maximum Gasteiger partial charge on any atom is 0.256 e. The first kappa shape index (κ1) is 22.2. The van der Waals surface area contributed by atoms with Crippen molar-refractivity contribution >= 4 is 0 Å². The number of nitriles is 1. The van der Waals surface area contributed by atoms with Gasteiger partial charge >= 0.3 is 0 Å². The summed E-state index contributed by atoms with van der Waals surface area (Å²) in [7, 11) is 0. The maximum atomic E-state index is 13.2. The van der Waals surface area contributed by atoms with Crippen molar-refractivity contribution in [2.24, 2.45) is 0 Å². The van der Waals surface area contributed by atoms with Crippen LogP contribution in [0.3, 0.4) is 0 Å². The summed E-state index contributed by atoms with van der Waals surface area (Å²) in [5.41, 5.74) is 5.57. The molecule has 0 spiro atoms. The molecular formula is C28H26N4O. The molecule has 4 rings (SSSR count). The fourth-order valence-corrected chi connectivity index (χ4v) is 4.09. The van der Waals surface area contributed by atoms with E-state index in [1.54, 1.807) is 18.3 Å². The van der Waals surface area contributed by atoms with Crippen molar-refractivity contribution in [3.8, 4) is 39.6 Å². The summed E-state index contributed by atoms with van der Waals surface area (Å²) in [6, 6.07) is 25.2. The quantitative estimate of drug-likeness (QED) is 0.418. The molecular weight excluding hydrogens is 408 g/mol. The topological polar surface area (TPSA) is 72.8 Å². The second-order valence-electron chi connectivity index (χ2n) is 7.78. The second kappa shape index (κ2) is 10.1. The minimum absolute atomic E-state index is 0.236. The van der Waals surface area contributed by atoms with Gasteiger partial charge in [-0.15, -0.1) is 0 Å². The number of rotatable bonds is 7. The Morgan fingerprint density at radius 3 is 2.33 bits per heavy atom. The Balaban J connectivity index is 1.98. The lowest BCUT2D eigenvalue weighted by Crippen LogP contribution is -2.22. The van der Waals surface area contributed by atoms with Crippen LogP contribution >= 0.6 is 0 Å². The average Bonchev–Trinajstić information content (AvgIpc) is 2.87. The van der Waals surface area contributed by atoms with Crippen molar-refractivity contribution in [3.05, 3.63) is 101 Å². The van der Waals surface area contributed by atoms with Crippen LogP contribution < -0.4 is 5.56 Å². The molecule has 0 fully saturated rings. The van der Waals surface area contributed by atoms with Crippen molar-refractivity contribution in [3.63, 3.8) is 0 Å². The smallest absolute Gasteiger partial charge is 0.256 e. The summed E-state index contributed by atoms with van der Waals surface area (Å²) >= 11 is 0. The van der Waals surface area contributed by atoms with Gasteiger partial charge < -0.3 is 4.98 Å². The highest BCUT2D eigenvalue weighted by molar-refractivity contribution is 5.94. The van der Waals surface area contributed by atoms with Crippen molar-refractivity contribution in [2.75, 3.05) is 13.1 Å². The molecule has 4 aromatic rings. The van der Waals surface area contributed by atoms with Crippen LogP contribution in [-0.4, -0.2) is 28.0 Å². The molecule has 164 valence electrons. The van der Waals surface area contributed by atoms with Gasteiger partial charge in [-0.25, -0.2) is 0 Å². The molecule has 0 bridgehead atoms. The third-order valence-corrected chi connectivity index (χ3v) is 5.84. The fraction of sp³-hybridized carbons (Fsp3) is 0.179. The lowest BCUT2D eigenvalue weighted by Gasteiger charge is -2.19. The predicted octanol–water partition coefficient (Wildman–Crippen LogP) is 5.48. The summed E-state index contributed by atoms with van der Waals surface area (Å²) < 4.78 is 0. The molecule has 33 heavy (non-hydrogen) atoms. The zero-order valence-electron chi connectivity index (χ0n) is 18.9. The second-order valence-corrected chi connectivity index (χ2v) is 7.78. The van der Waals surface area contributed by atoms with Crippen molar-refractivity contribution in [1.29, 1.82) is 5.26 Å². The van der Waals surface area contributed by atoms with Crippen LogP contribution in [0.4, 0.5) is 0 Å². The molecule has 0 radical (unpaired) electrons. The Morgan fingerprint density at radius 2 is 1.61 bits per heavy atom. The van der Waals surface area contributed by atoms with E-state index in [0.717, 1.165) is 47.7 Å². The maximum absolute atomic E-state index is 13.2. The molecule has 2 heterocycles. The first-order valence-corrected chi connectivity index (χ1v) is 11.2. The van der Waals surface area contributed by atoms with Gasteiger partial charge in [0.1, 0.15) is 0 Å². The van der Waals surface area contributed by atoms with Crippen LogP contribution in [0.25, 0.3) is 33.5 Å². The Hall–Kier alpha value is -4.01. The van der Waals surface area contributed by atoms with Gasteiger partial charge in [-0.1, -0.05) is 68.4 Å². The summed E-state index contributed by atoms with van der Waals surface area (Å²) in [5.74, 6) is 0. The number of hydrogen-bond acceptors (Lipinski definition) is 4. The summed E-state index contributed by atoms with van der Waals surface area (Å²) in [4.78, 5) is 23.3. The Morgan fingerprint density at radius 1 is 0.879 bits per heavy atom. The predicted molar refractivity (Wildman–Crippen MR) is 133 cm³/mol. The van der Waals surface area contributed by atoms with Crippen molar-refractivity contribution in [2.45, 2.75) is 20.4 Å². The zero-order chi connectivity index (χ0) is 23.2. The van der Waals surface area contributed by atoms with Crippen LogP contribution in [0.15, 0.2) is 83.8 Å². The highest BCUT2D eigenvalue weighted by atomic mass is 16.1. The highest BCUT2D eigenvalue weighted by Crippen LogP contribution is 2.38. The molecule has 2 aromatic heterocycles. The van der Waals surface area contributed by atoms with Gasteiger partial charge in [0.2, 0.25) is 0 Å². The van der Waals surface area contributed by atoms with Gasteiger partial charge in [0.25, 0.3) is 5.56 Å². The number of aromatic nitrogens is 2. The van der Waals surface area contributed by atoms with E-state index in [4.69, 9.17) is 4.98 Å². The van der Waals surface area contributed by atoms with E-state index in [2.05, 4.69) is 29.8 Å². The van der Waals surface area contributed by atoms with E-state index in [-0.39, 0.29) is 5.56 Å². The van der Waals surface area contributed by atoms with Crippen LogP contribution in [-0.2, 0) is 6.54 Å². The Labute approximate surface area is 194 Å². The Bertz CT molecular complexity index is 1350. The van der Waals surface area contributed by atoms with Crippen LogP contribution in [0, 0.1) is 11.3 Å². The average molecular weight is 435 g/mol. The molecule has 0 unspecified atom stereocenters. The first-order valence-electron chi connectivity index (χ1n) is 11.2. The third-order valence-electron chi connectivity index (χ3n) is 5.84. The standard InChI is InChI=1S/C28H26N4O/c1-3-32(4-2)19-22-14-10-16-25(31-22)24-18-30-28(33)27(23-15-9-8-13-21(23)17-29)26(24)20-11-6-5-7-12-20/h5-16,18H,3-4,19H2,1-2H3,(H,30,33). The van der Waals surface area contributed by atoms with Gasteiger partial charge in [-0.2, -0.15) is 5.26 Å². The van der Waals surface area contributed by atoms with Crippen LogP contribution in [0.2, 0.25) is 0 Å². The van der Waals surface area contributed by atoms with Crippen LogP contribution in [0.5, 0.6) is 0 Å². The lowest BCUT2D eigenvalue weighted by atomic mass is 9.89. The summed E-state index contributed by atoms with van der Waals surface area (Å²) in [6.45, 7) is 6.94. The van der Waals surface area contributed by atoms with Crippen LogP contribution in [0.1, 0.15) is 25.1 Å². The van der Waals surface area contributed by atoms with Gasteiger partial charge in [-0.05, 0) is 36.9 Å². The molecule has 2 aromatic carbocycles. The molecule has 1 N–H and O–H groups in total. The first-order chi connectivity index (χ1) is 16.2. The molecule has 5 heteroatoms. The van der Waals surface area contributed by atoms with E-state index in [0.29, 0.717) is 16.7 Å². The minimum Gasteiger partial charge on any atom is -0.328 e. The molecule has 0 aliphatic heterocycles. The molecule has 0 aliphatic rings. The number of aromatic amines is 1. The highest BCUT2D eigenvalue weighted by Gasteiger charge is 2.20. The number of nitrogens with zero attached hydrogens (tertiary/aromatic N) is 3. The van der Waals surface area contributed by atoms with Gasteiger partial charge in [0.05, 0.1) is 28.6 Å². The molecule has 5 nitrogen and oxygen atoms in total. The summed E-state index contributed by atoms with van der Waals surface area (Å²) in [6.07, 6.45) is 1.73. The number of hydrogen-bond donors (Lipinski definition) is 1. The van der Waals surface area contributed by atoms with Gasteiger partial charge in [-0.3, -0.25) is 14.7 Å². The van der Waals surface area contributed by atoms with Gasteiger partial charge in [0, 0.05) is 29.4 Å². The van der Waals surface area contributed by atoms with Crippen molar-refractivity contribution in [1.82, 2.24) is 14.9 Å². The number of H-pyrrole nitrogens is 1. The van der Waals surface area contributed by atoms with Crippen molar-refractivity contribution < 1.29 is 0 Å². The fourth-order valence-electron chi connectivity index (χ4n) is 4.09. The van der Waals surface area contributed by atoms with E-state index in [1.807, 2.05) is 60.7 Å². The zero-order valence-corrected chi connectivity index (χ0v) is 18.9. The number of pyridine rings is 2. The van der Waals surface area contributed by atoms with E-state index < -0.39 is 0 Å². The normalized spacial score (nSPS) is 10.8. The molecule has 0 atom stereocenters. The van der Waals surface area contributed by atoms with Gasteiger partial charge in [0.15, 0.2) is 0 Å². The summed E-state index contributed by atoms with van der Waals surface area (Å²) in [5, 5.41) is 9.71. The molecule has 0 saturated carbocycles.